The zero-order valence-electron chi connectivity index (χ0n) is 12.5. The molecule has 0 fully saturated rings. The number of nitrogens with two attached hydrogens (primary N) is 1. The number of anilines is 2. The Morgan fingerprint density at radius 1 is 1.17 bits per heavy atom. The molecule has 0 radical (unpaired) electrons. The van der Waals surface area contributed by atoms with Crippen LogP contribution < -0.4 is 15.8 Å². The van der Waals surface area contributed by atoms with Crippen molar-refractivity contribution in [2.75, 3.05) is 17.7 Å². The number of thiazole rings is 1. The second kappa shape index (κ2) is 7.10. The van der Waals surface area contributed by atoms with Gasteiger partial charge in [0.05, 0.1) is 5.69 Å². The summed E-state index contributed by atoms with van der Waals surface area (Å²) in [5.74, 6) is -0.111. The molecule has 2 aromatic carbocycles. The van der Waals surface area contributed by atoms with Crippen molar-refractivity contribution in [2.45, 2.75) is 0 Å². The molecule has 1 aromatic heterocycles. The first-order chi connectivity index (χ1) is 11.6. The standard InChI is InChI=1S/C17H14FN3O2S/c18-12-3-5-13(6-4-12)20-16(22)9-23-14-7-1-11(2-8-14)15-10-24-17(19)21-15/h1-8,10H,9H2,(H2,19,21)(H,20,22). The van der Waals surface area contributed by atoms with E-state index in [-0.39, 0.29) is 18.3 Å². The van der Waals surface area contributed by atoms with Gasteiger partial charge in [0, 0.05) is 16.6 Å². The maximum atomic E-state index is 12.8. The first kappa shape index (κ1) is 15.9. The van der Waals surface area contributed by atoms with Crippen molar-refractivity contribution in [1.29, 1.82) is 0 Å². The molecule has 5 nitrogen and oxygen atoms in total. The Labute approximate surface area is 141 Å². The summed E-state index contributed by atoms with van der Waals surface area (Å²) in [6.45, 7) is -0.139. The summed E-state index contributed by atoms with van der Waals surface area (Å²) in [7, 11) is 0. The Morgan fingerprint density at radius 2 is 1.88 bits per heavy atom. The molecule has 0 aliphatic carbocycles. The van der Waals surface area contributed by atoms with Gasteiger partial charge in [-0.15, -0.1) is 11.3 Å². The molecule has 0 unspecified atom stereocenters. The average Bonchev–Trinajstić information content (AvgIpc) is 3.02. The number of benzene rings is 2. The molecule has 1 amide bonds. The van der Waals surface area contributed by atoms with E-state index in [1.54, 1.807) is 12.1 Å². The lowest BCUT2D eigenvalue weighted by atomic mass is 10.2. The van der Waals surface area contributed by atoms with Gasteiger partial charge in [0.15, 0.2) is 11.7 Å². The molecule has 7 heteroatoms. The molecule has 0 saturated carbocycles. The van der Waals surface area contributed by atoms with Gasteiger partial charge in [-0.25, -0.2) is 9.37 Å². The molecule has 3 N–H and O–H groups in total. The predicted molar refractivity (Wildman–Crippen MR) is 92.5 cm³/mol. The molecule has 3 rings (SSSR count). The fourth-order valence-corrected chi connectivity index (χ4v) is 2.59. The van der Waals surface area contributed by atoms with Gasteiger partial charge in [-0.05, 0) is 48.5 Å². The van der Waals surface area contributed by atoms with E-state index in [0.717, 1.165) is 11.3 Å². The number of hydrogen-bond acceptors (Lipinski definition) is 5. The minimum Gasteiger partial charge on any atom is -0.484 e. The van der Waals surface area contributed by atoms with Crippen LogP contribution in [0.25, 0.3) is 11.3 Å². The minimum absolute atomic E-state index is 0.139. The van der Waals surface area contributed by atoms with Crippen molar-refractivity contribution in [1.82, 2.24) is 4.98 Å². The number of hydrogen-bond donors (Lipinski definition) is 2. The van der Waals surface area contributed by atoms with Crippen molar-refractivity contribution in [3.63, 3.8) is 0 Å². The Bertz CT molecular complexity index is 832. The Morgan fingerprint density at radius 3 is 2.50 bits per heavy atom. The summed E-state index contributed by atoms with van der Waals surface area (Å²) in [6, 6.07) is 12.7. The number of carbonyl (C=O) groups excluding carboxylic acids is 1. The molecule has 1 heterocycles. The third kappa shape index (κ3) is 4.08. The number of rotatable bonds is 5. The third-order valence-electron chi connectivity index (χ3n) is 3.17. The molecule has 0 aliphatic heterocycles. The third-order valence-corrected chi connectivity index (χ3v) is 3.84. The van der Waals surface area contributed by atoms with E-state index in [1.807, 2.05) is 17.5 Å². The van der Waals surface area contributed by atoms with Gasteiger partial charge in [0.1, 0.15) is 11.6 Å². The smallest absolute Gasteiger partial charge is 0.262 e. The molecule has 0 aliphatic rings. The number of nitrogens with zero attached hydrogens (tertiary/aromatic N) is 1. The van der Waals surface area contributed by atoms with E-state index in [1.165, 1.54) is 35.6 Å². The normalized spacial score (nSPS) is 10.4. The van der Waals surface area contributed by atoms with E-state index in [4.69, 9.17) is 10.5 Å². The number of amides is 1. The van der Waals surface area contributed by atoms with Gasteiger partial charge in [-0.2, -0.15) is 0 Å². The van der Waals surface area contributed by atoms with Crippen LogP contribution in [0.2, 0.25) is 0 Å². The lowest BCUT2D eigenvalue weighted by Gasteiger charge is -2.08. The van der Waals surface area contributed by atoms with Crippen LogP contribution in [0.15, 0.2) is 53.9 Å². The number of aromatic nitrogens is 1. The van der Waals surface area contributed by atoms with Crippen LogP contribution in [0.4, 0.5) is 15.2 Å². The van der Waals surface area contributed by atoms with E-state index < -0.39 is 0 Å². The number of halogens is 1. The lowest BCUT2D eigenvalue weighted by Crippen LogP contribution is -2.20. The predicted octanol–water partition coefficient (Wildman–Crippen LogP) is 3.55. The van der Waals surface area contributed by atoms with Gasteiger partial charge < -0.3 is 15.8 Å². The van der Waals surface area contributed by atoms with Crippen LogP contribution in [0.5, 0.6) is 5.75 Å². The van der Waals surface area contributed by atoms with Crippen LogP contribution in [0.1, 0.15) is 0 Å². The van der Waals surface area contributed by atoms with Crippen molar-refractivity contribution in [3.05, 3.63) is 59.7 Å². The summed E-state index contributed by atoms with van der Waals surface area (Å²) in [5.41, 5.74) is 7.86. The van der Waals surface area contributed by atoms with Crippen LogP contribution >= 0.6 is 11.3 Å². The molecule has 0 saturated heterocycles. The number of nitrogen functional groups attached to an aromatic ring is 1. The largest absolute Gasteiger partial charge is 0.484 e. The monoisotopic (exact) mass is 343 g/mol. The van der Waals surface area contributed by atoms with Gasteiger partial charge in [0.2, 0.25) is 0 Å². The van der Waals surface area contributed by atoms with Gasteiger partial charge in [-0.1, -0.05) is 0 Å². The molecule has 0 atom stereocenters. The fourth-order valence-electron chi connectivity index (χ4n) is 2.02. The summed E-state index contributed by atoms with van der Waals surface area (Å²) in [4.78, 5) is 16.0. The number of nitrogens with one attached hydrogen (secondary N) is 1. The Hall–Kier alpha value is -2.93. The molecule has 3 aromatic rings. The first-order valence-electron chi connectivity index (χ1n) is 7.10. The first-order valence-corrected chi connectivity index (χ1v) is 7.98. The topological polar surface area (TPSA) is 77.2 Å². The zero-order valence-corrected chi connectivity index (χ0v) is 13.3. The number of ether oxygens (including phenoxy) is 1. The number of carbonyl (C=O) groups is 1. The zero-order chi connectivity index (χ0) is 16.9. The second-order valence-corrected chi connectivity index (χ2v) is 5.83. The fraction of sp³-hybridized carbons (Fsp3) is 0.0588. The van der Waals surface area contributed by atoms with Crippen molar-refractivity contribution < 1.29 is 13.9 Å². The summed E-state index contributed by atoms with van der Waals surface area (Å²) in [5, 5.41) is 5.02. The van der Waals surface area contributed by atoms with Crippen LogP contribution in [-0.2, 0) is 4.79 Å². The van der Waals surface area contributed by atoms with Crippen molar-refractivity contribution in [2.24, 2.45) is 0 Å². The molecule has 0 bridgehead atoms. The lowest BCUT2D eigenvalue weighted by molar-refractivity contribution is -0.118. The van der Waals surface area contributed by atoms with Crippen LogP contribution in [0.3, 0.4) is 0 Å². The maximum absolute atomic E-state index is 12.8. The minimum atomic E-state index is -0.355. The summed E-state index contributed by atoms with van der Waals surface area (Å²) < 4.78 is 18.2. The molecule has 24 heavy (non-hydrogen) atoms. The maximum Gasteiger partial charge on any atom is 0.262 e. The Kier molecular flexibility index (Phi) is 4.72. The van der Waals surface area contributed by atoms with E-state index >= 15 is 0 Å². The van der Waals surface area contributed by atoms with Gasteiger partial charge >= 0.3 is 0 Å². The molecule has 0 spiro atoms. The van der Waals surface area contributed by atoms with Gasteiger partial charge in [0.25, 0.3) is 5.91 Å². The molecule has 122 valence electrons. The highest BCUT2D eigenvalue weighted by molar-refractivity contribution is 7.13. The van der Waals surface area contributed by atoms with E-state index in [2.05, 4.69) is 10.3 Å². The SMILES string of the molecule is Nc1nc(-c2ccc(OCC(=O)Nc3ccc(F)cc3)cc2)cs1. The average molecular weight is 343 g/mol. The summed E-state index contributed by atoms with van der Waals surface area (Å²) >= 11 is 1.38. The second-order valence-electron chi connectivity index (χ2n) is 4.94. The van der Waals surface area contributed by atoms with Crippen molar-refractivity contribution >= 4 is 28.1 Å². The quantitative estimate of drug-likeness (QED) is 0.743. The van der Waals surface area contributed by atoms with E-state index in [0.29, 0.717) is 16.6 Å². The highest BCUT2D eigenvalue weighted by Gasteiger charge is 2.06. The van der Waals surface area contributed by atoms with Crippen LogP contribution in [0, 0.1) is 5.82 Å². The molecular weight excluding hydrogens is 329 g/mol. The Balaban J connectivity index is 1.54. The van der Waals surface area contributed by atoms with Crippen LogP contribution in [-0.4, -0.2) is 17.5 Å². The van der Waals surface area contributed by atoms with Gasteiger partial charge in [-0.3, -0.25) is 4.79 Å². The van der Waals surface area contributed by atoms with Crippen molar-refractivity contribution in [3.8, 4) is 17.0 Å². The van der Waals surface area contributed by atoms with E-state index in [9.17, 15) is 9.18 Å². The highest BCUT2D eigenvalue weighted by Crippen LogP contribution is 2.25. The molecular formula is C17H14FN3O2S. The summed E-state index contributed by atoms with van der Waals surface area (Å²) in [6.07, 6.45) is 0. The highest BCUT2D eigenvalue weighted by atomic mass is 32.1.